The number of nitrogens with zero attached hydrogens (tertiary/aromatic N) is 1. The van der Waals surface area contributed by atoms with Crippen molar-refractivity contribution in [1.29, 1.82) is 0 Å². The number of amides is 2. The Hall–Kier alpha value is -2.10. The number of likely N-dealkylation sites (tertiary alicyclic amines) is 1. The first-order chi connectivity index (χ1) is 11.6. The molecule has 1 aromatic rings. The van der Waals surface area contributed by atoms with E-state index in [9.17, 15) is 9.59 Å². The van der Waals surface area contributed by atoms with Gasteiger partial charge in [-0.25, -0.2) is 0 Å². The molecule has 2 bridgehead atoms. The topological polar surface area (TPSA) is 49.4 Å². The summed E-state index contributed by atoms with van der Waals surface area (Å²) >= 11 is 0. The molecule has 6 rings (SSSR count). The molecular weight excluding hydrogens is 300 g/mol. The van der Waals surface area contributed by atoms with Crippen LogP contribution in [0.1, 0.15) is 17.5 Å². The van der Waals surface area contributed by atoms with Gasteiger partial charge in [0.15, 0.2) is 0 Å². The van der Waals surface area contributed by atoms with Crippen LogP contribution >= 0.6 is 0 Å². The molecule has 0 unspecified atom stereocenters. The highest BCUT2D eigenvalue weighted by Gasteiger charge is 2.66. The summed E-state index contributed by atoms with van der Waals surface area (Å²) in [4.78, 5) is 27.3. The lowest BCUT2D eigenvalue weighted by molar-refractivity contribution is -0.139. The third-order valence-electron chi connectivity index (χ3n) is 6.65. The van der Waals surface area contributed by atoms with Crippen LogP contribution in [0.5, 0.6) is 0 Å². The number of imide groups is 1. The molecule has 0 aromatic heterocycles. The fraction of sp³-hybridized carbons (Fsp3) is 0.500. The number of hydrogen-bond acceptors (Lipinski definition) is 3. The summed E-state index contributed by atoms with van der Waals surface area (Å²) in [5.41, 5.74) is 3.29. The van der Waals surface area contributed by atoms with E-state index in [1.54, 1.807) is 0 Å². The van der Waals surface area contributed by atoms with Crippen molar-refractivity contribution in [2.24, 2.45) is 35.5 Å². The van der Waals surface area contributed by atoms with Gasteiger partial charge in [-0.2, -0.15) is 0 Å². The Morgan fingerprint density at radius 1 is 1.00 bits per heavy atom. The number of aryl methyl sites for hydroxylation is 2. The summed E-state index contributed by atoms with van der Waals surface area (Å²) in [6, 6.07) is 6.10. The molecule has 4 aliphatic carbocycles. The van der Waals surface area contributed by atoms with Crippen molar-refractivity contribution in [3.05, 3.63) is 41.5 Å². The SMILES string of the molecule is Cc1cccc(C)c1NCN1C(=O)[C@H]2[C@@H]3C=C[C@H]([C@H]4C[C@H]34)[C@@H]2C1=O. The standard InChI is InChI=1S/C20H22N2O2/c1-10-4-3-5-11(2)18(10)21-9-22-19(23)16-12-6-7-13(15-8-14(12)15)17(16)20(22)24/h3-7,12-17,21H,8-9H2,1-2H3/t12-,13-,14-,15-,16+,17+/m1/s1. The van der Waals surface area contributed by atoms with Crippen molar-refractivity contribution in [2.75, 3.05) is 12.0 Å². The second-order valence-corrected chi connectivity index (χ2v) is 7.86. The zero-order valence-electron chi connectivity index (χ0n) is 14.0. The van der Waals surface area contributed by atoms with Crippen LogP contribution in [0, 0.1) is 49.4 Å². The van der Waals surface area contributed by atoms with E-state index in [0.717, 1.165) is 16.8 Å². The maximum absolute atomic E-state index is 12.9. The first-order valence-corrected chi connectivity index (χ1v) is 8.91. The van der Waals surface area contributed by atoms with E-state index in [2.05, 4.69) is 17.5 Å². The van der Waals surface area contributed by atoms with Crippen LogP contribution in [0.2, 0.25) is 0 Å². The van der Waals surface area contributed by atoms with Crippen LogP contribution in [-0.2, 0) is 9.59 Å². The molecule has 1 aliphatic heterocycles. The molecule has 124 valence electrons. The zero-order valence-corrected chi connectivity index (χ0v) is 14.0. The highest BCUT2D eigenvalue weighted by molar-refractivity contribution is 6.06. The Bertz CT molecular complexity index is 728. The first kappa shape index (κ1) is 14.3. The average Bonchev–Trinajstić information content (AvgIpc) is 3.34. The molecule has 1 heterocycles. The van der Waals surface area contributed by atoms with Crippen LogP contribution in [0.15, 0.2) is 30.4 Å². The third-order valence-corrected chi connectivity index (χ3v) is 6.65. The molecule has 6 atom stereocenters. The van der Waals surface area contributed by atoms with Crippen LogP contribution in [0.3, 0.4) is 0 Å². The van der Waals surface area contributed by atoms with Gasteiger partial charge in [-0.05, 0) is 55.1 Å². The van der Waals surface area contributed by atoms with Gasteiger partial charge >= 0.3 is 0 Å². The van der Waals surface area contributed by atoms with E-state index in [-0.39, 0.29) is 30.3 Å². The molecular formula is C20H22N2O2. The second-order valence-electron chi connectivity index (χ2n) is 7.86. The number of allylic oxidation sites excluding steroid dienone is 2. The maximum Gasteiger partial charge on any atom is 0.235 e. The molecule has 0 radical (unpaired) electrons. The van der Waals surface area contributed by atoms with Gasteiger partial charge in [0.2, 0.25) is 11.8 Å². The lowest BCUT2D eigenvalue weighted by Gasteiger charge is -2.37. The largest absolute Gasteiger partial charge is 0.367 e. The molecule has 2 amide bonds. The number of carbonyl (C=O) groups is 2. The van der Waals surface area contributed by atoms with Gasteiger partial charge in [0.1, 0.15) is 0 Å². The van der Waals surface area contributed by atoms with Crippen LogP contribution < -0.4 is 5.32 Å². The molecule has 4 nitrogen and oxygen atoms in total. The first-order valence-electron chi connectivity index (χ1n) is 8.91. The Balaban J connectivity index is 1.39. The summed E-state index contributed by atoms with van der Waals surface area (Å²) in [5.74, 6) is 1.78. The minimum absolute atomic E-state index is 0.0356. The zero-order chi connectivity index (χ0) is 16.6. The molecule has 2 saturated carbocycles. The molecule has 0 spiro atoms. The second kappa shape index (κ2) is 4.71. The number of anilines is 1. The quantitative estimate of drug-likeness (QED) is 0.688. The number of nitrogens with one attached hydrogen (secondary N) is 1. The minimum Gasteiger partial charge on any atom is -0.367 e. The highest BCUT2D eigenvalue weighted by atomic mass is 16.2. The molecule has 3 fully saturated rings. The van der Waals surface area contributed by atoms with Crippen molar-refractivity contribution < 1.29 is 9.59 Å². The van der Waals surface area contributed by atoms with Gasteiger partial charge in [-0.3, -0.25) is 14.5 Å². The Morgan fingerprint density at radius 3 is 2.08 bits per heavy atom. The predicted molar refractivity (Wildman–Crippen MR) is 91.0 cm³/mol. The Kier molecular flexibility index (Phi) is 2.80. The summed E-state index contributed by atoms with van der Waals surface area (Å²) in [6.07, 6.45) is 5.64. The Morgan fingerprint density at radius 2 is 1.54 bits per heavy atom. The lowest BCUT2D eigenvalue weighted by atomic mass is 9.63. The lowest BCUT2D eigenvalue weighted by Crippen LogP contribution is -2.40. The van der Waals surface area contributed by atoms with Crippen molar-refractivity contribution in [3.63, 3.8) is 0 Å². The molecule has 5 aliphatic rings. The fourth-order valence-corrected chi connectivity index (χ4v) is 5.43. The summed E-state index contributed by atoms with van der Waals surface area (Å²) < 4.78 is 0. The van der Waals surface area contributed by atoms with Gasteiger partial charge < -0.3 is 5.32 Å². The van der Waals surface area contributed by atoms with E-state index in [0.29, 0.717) is 23.7 Å². The highest BCUT2D eigenvalue weighted by Crippen LogP contribution is 2.65. The van der Waals surface area contributed by atoms with Crippen LogP contribution in [0.25, 0.3) is 0 Å². The van der Waals surface area contributed by atoms with Crippen molar-refractivity contribution in [1.82, 2.24) is 4.90 Å². The molecule has 1 aromatic carbocycles. The van der Waals surface area contributed by atoms with Crippen molar-refractivity contribution in [2.45, 2.75) is 20.3 Å². The van der Waals surface area contributed by atoms with E-state index >= 15 is 0 Å². The van der Waals surface area contributed by atoms with Crippen molar-refractivity contribution in [3.8, 4) is 0 Å². The summed E-state index contributed by atoms with van der Waals surface area (Å²) in [5, 5.41) is 3.33. The van der Waals surface area contributed by atoms with Gasteiger partial charge in [0, 0.05) is 5.69 Å². The summed E-state index contributed by atoms with van der Waals surface area (Å²) in [7, 11) is 0. The van der Waals surface area contributed by atoms with Crippen LogP contribution in [0.4, 0.5) is 5.69 Å². The monoisotopic (exact) mass is 322 g/mol. The molecule has 4 heteroatoms. The van der Waals surface area contributed by atoms with E-state index in [4.69, 9.17) is 0 Å². The number of hydrogen-bond donors (Lipinski definition) is 1. The maximum atomic E-state index is 12.9. The van der Waals surface area contributed by atoms with E-state index < -0.39 is 0 Å². The molecule has 24 heavy (non-hydrogen) atoms. The van der Waals surface area contributed by atoms with Crippen LogP contribution in [-0.4, -0.2) is 23.4 Å². The normalized spacial score (nSPS) is 38.3. The number of rotatable bonds is 3. The average molecular weight is 322 g/mol. The van der Waals surface area contributed by atoms with E-state index in [1.165, 1.54) is 11.3 Å². The molecule has 1 N–H and O–H groups in total. The van der Waals surface area contributed by atoms with Gasteiger partial charge in [0.05, 0.1) is 18.5 Å². The Labute approximate surface area is 141 Å². The number of benzene rings is 1. The van der Waals surface area contributed by atoms with Gasteiger partial charge in [-0.1, -0.05) is 30.4 Å². The number of para-hydroxylation sites is 1. The van der Waals surface area contributed by atoms with Crippen molar-refractivity contribution >= 4 is 17.5 Å². The minimum atomic E-state index is -0.101. The predicted octanol–water partition coefficient (Wildman–Crippen LogP) is 2.73. The fourth-order valence-electron chi connectivity index (χ4n) is 5.43. The van der Waals surface area contributed by atoms with Gasteiger partial charge in [-0.15, -0.1) is 0 Å². The number of carbonyl (C=O) groups excluding carboxylic acids is 2. The smallest absolute Gasteiger partial charge is 0.235 e. The van der Waals surface area contributed by atoms with Gasteiger partial charge in [0.25, 0.3) is 0 Å². The van der Waals surface area contributed by atoms with E-state index in [1.807, 2.05) is 32.0 Å². The third kappa shape index (κ3) is 1.74. The molecule has 1 saturated heterocycles. The summed E-state index contributed by atoms with van der Waals surface area (Å²) in [6.45, 7) is 4.37.